The second-order valence-corrected chi connectivity index (χ2v) is 3.48. The average molecular weight is 157 g/mol. The molecule has 10 heavy (non-hydrogen) atoms. The minimum atomic E-state index is 0.352. The van der Waals surface area contributed by atoms with E-state index in [9.17, 15) is 5.21 Å². The maximum absolute atomic E-state index is 10.8. The largest absolute Gasteiger partial charge is 0.785 e. The van der Waals surface area contributed by atoms with Gasteiger partial charge in [0.1, 0.15) is 0 Å². The first kappa shape index (κ1) is 6.52. The lowest BCUT2D eigenvalue weighted by molar-refractivity contribution is 0.442. The highest BCUT2D eigenvalue weighted by molar-refractivity contribution is 7.80. The molecule has 0 amide bonds. The van der Waals surface area contributed by atoms with Crippen LogP contribution in [0, 0.1) is 11.1 Å². The lowest BCUT2D eigenvalue weighted by atomic mass is 10.1. The molecule has 0 aliphatic carbocycles. The Balaban J connectivity index is 2.06. The highest BCUT2D eigenvalue weighted by atomic mass is 32.1. The van der Waals surface area contributed by atoms with Crippen LogP contribution >= 0.6 is 12.2 Å². The van der Waals surface area contributed by atoms with Gasteiger partial charge < -0.3 is 15.6 Å². The van der Waals surface area contributed by atoms with Gasteiger partial charge in [-0.2, -0.15) is 0 Å². The van der Waals surface area contributed by atoms with Crippen molar-refractivity contribution < 1.29 is 0 Å². The maximum atomic E-state index is 10.8. The summed E-state index contributed by atoms with van der Waals surface area (Å²) in [5.41, 5.74) is 0. The van der Waals surface area contributed by atoms with Crippen molar-refractivity contribution in [2.45, 2.75) is 12.5 Å². The molecule has 2 aliphatic heterocycles. The molecule has 4 heteroatoms. The number of hydrogen-bond donors (Lipinski definition) is 1. The molecule has 0 radical (unpaired) electrons. The molecule has 0 saturated carbocycles. The van der Waals surface area contributed by atoms with Gasteiger partial charge in [0, 0.05) is 19.0 Å². The van der Waals surface area contributed by atoms with E-state index < -0.39 is 0 Å². The molecule has 2 rings (SSSR count). The monoisotopic (exact) mass is 157 g/mol. The summed E-state index contributed by atoms with van der Waals surface area (Å²) in [6.45, 7) is 1.28. The van der Waals surface area contributed by atoms with Gasteiger partial charge in [-0.1, -0.05) is 12.2 Å². The number of hydrogen-bond acceptors (Lipinski definition) is 3. The highest BCUT2D eigenvalue weighted by Gasteiger charge is 2.34. The van der Waals surface area contributed by atoms with Crippen LogP contribution in [0.1, 0.15) is 6.42 Å². The van der Waals surface area contributed by atoms with Crippen molar-refractivity contribution in [1.82, 2.24) is 10.4 Å². The predicted molar refractivity (Wildman–Crippen MR) is 42.6 cm³/mol. The zero-order chi connectivity index (χ0) is 7.14. The summed E-state index contributed by atoms with van der Waals surface area (Å²) in [5, 5.41) is 15.0. The lowest BCUT2D eigenvalue weighted by Crippen LogP contribution is -2.30. The highest BCUT2D eigenvalue weighted by Crippen LogP contribution is 2.24. The third kappa shape index (κ3) is 0.923. The molecule has 0 spiro atoms. The van der Waals surface area contributed by atoms with Crippen molar-refractivity contribution in [3.8, 4) is 0 Å². The molecule has 3 nitrogen and oxygen atoms in total. The van der Waals surface area contributed by atoms with E-state index in [1.165, 1.54) is 0 Å². The van der Waals surface area contributed by atoms with E-state index in [1.54, 1.807) is 0 Å². The van der Waals surface area contributed by atoms with Gasteiger partial charge in [-0.15, -0.1) is 0 Å². The van der Waals surface area contributed by atoms with E-state index in [2.05, 4.69) is 5.32 Å². The molecule has 2 heterocycles. The summed E-state index contributed by atoms with van der Waals surface area (Å²) in [5.74, 6) is 0.491. The summed E-state index contributed by atoms with van der Waals surface area (Å²) in [6, 6.07) is 0.352. The SMILES string of the molecule is [O-]N1CC2CC(=S)NC2C1. The van der Waals surface area contributed by atoms with E-state index >= 15 is 0 Å². The molecule has 0 bridgehead atoms. The molecule has 0 aromatic carbocycles. The Labute approximate surface area is 65.0 Å². The van der Waals surface area contributed by atoms with Crippen molar-refractivity contribution in [2.75, 3.05) is 13.1 Å². The number of nitrogens with one attached hydrogen (secondary N) is 1. The third-order valence-electron chi connectivity index (χ3n) is 2.20. The van der Waals surface area contributed by atoms with Crippen molar-refractivity contribution >= 4 is 17.2 Å². The molecule has 0 aromatic heterocycles. The van der Waals surface area contributed by atoms with Crippen molar-refractivity contribution in [2.24, 2.45) is 5.92 Å². The van der Waals surface area contributed by atoms with Crippen LogP contribution in [0.5, 0.6) is 0 Å². The molecule has 56 valence electrons. The fraction of sp³-hybridized carbons (Fsp3) is 0.833. The van der Waals surface area contributed by atoms with Crippen LogP contribution in [0.15, 0.2) is 0 Å². The van der Waals surface area contributed by atoms with E-state index in [0.717, 1.165) is 16.5 Å². The molecule has 2 atom stereocenters. The fourth-order valence-corrected chi connectivity index (χ4v) is 2.07. The topological polar surface area (TPSA) is 38.3 Å². The average Bonchev–Trinajstić information content (AvgIpc) is 2.21. The molecular formula is C6H9N2OS-. The zero-order valence-electron chi connectivity index (χ0n) is 5.54. The second kappa shape index (κ2) is 2.15. The fourth-order valence-electron chi connectivity index (χ4n) is 1.71. The Morgan fingerprint density at radius 2 is 2.40 bits per heavy atom. The number of fused-ring (bicyclic) bond motifs is 1. The van der Waals surface area contributed by atoms with Gasteiger partial charge in [-0.3, -0.25) is 0 Å². The Morgan fingerprint density at radius 1 is 1.60 bits per heavy atom. The van der Waals surface area contributed by atoms with Crippen LogP contribution in [0.25, 0.3) is 0 Å². The van der Waals surface area contributed by atoms with Crippen molar-refractivity contribution in [3.05, 3.63) is 5.21 Å². The molecule has 0 aromatic rings. The van der Waals surface area contributed by atoms with Crippen LogP contribution in [0.2, 0.25) is 0 Å². The number of nitrogens with zero attached hydrogens (tertiary/aromatic N) is 1. The van der Waals surface area contributed by atoms with E-state index in [4.69, 9.17) is 12.2 Å². The first-order valence-electron chi connectivity index (χ1n) is 3.47. The summed E-state index contributed by atoms with van der Waals surface area (Å²) < 4.78 is 0. The summed E-state index contributed by atoms with van der Waals surface area (Å²) >= 11 is 4.98. The Hall–Kier alpha value is -0.190. The molecule has 2 fully saturated rings. The predicted octanol–water partition coefficient (Wildman–Crippen LogP) is 0.105. The summed E-state index contributed by atoms with van der Waals surface area (Å²) in [6.07, 6.45) is 0.915. The van der Waals surface area contributed by atoms with Crippen LogP contribution in [0.4, 0.5) is 0 Å². The standard InChI is InChI=1S/C6H9N2OS/c9-8-2-4-1-6(10)7-5(4)3-8/h4-5H,1-3H2,(H,7,10)/q-1. The van der Waals surface area contributed by atoms with E-state index in [1.807, 2.05) is 0 Å². The van der Waals surface area contributed by atoms with Gasteiger partial charge in [-0.25, -0.2) is 0 Å². The number of rotatable bonds is 0. The third-order valence-corrected chi connectivity index (χ3v) is 2.49. The van der Waals surface area contributed by atoms with Gasteiger partial charge in [0.15, 0.2) is 0 Å². The number of hydroxylamine groups is 2. The first-order chi connectivity index (χ1) is 4.75. The van der Waals surface area contributed by atoms with Gasteiger partial charge in [0.25, 0.3) is 0 Å². The minimum absolute atomic E-state index is 0.352. The smallest absolute Gasteiger partial charge is 0.0760 e. The van der Waals surface area contributed by atoms with Gasteiger partial charge in [0.2, 0.25) is 0 Å². The maximum Gasteiger partial charge on any atom is 0.0760 e. The van der Waals surface area contributed by atoms with Gasteiger partial charge in [0.05, 0.1) is 4.99 Å². The van der Waals surface area contributed by atoms with Crippen molar-refractivity contribution in [3.63, 3.8) is 0 Å². The van der Waals surface area contributed by atoms with Gasteiger partial charge >= 0.3 is 0 Å². The Morgan fingerprint density at radius 3 is 3.10 bits per heavy atom. The summed E-state index contributed by atoms with van der Waals surface area (Å²) in [7, 11) is 0. The zero-order valence-corrected chi connectivity index (χ0v) is 6.36. The molecule has 2 saturated heterocycles. The second-order valence-electron chi connectivity index (χ2n) is 2.99. The molecular weight excluding hydrogens is 148 g/mol. The lowest BCUT2D eigenvalue weighted by Gasteiger charge is -2.21. The van der Waals surface area contributed by atoms with Gasteiger partial charge in [-0.05, 0) is 12.5 Å². The quantitative estimate of drug-likeness (QED) is 0.506. The van der Waals surface area contributed by atoms with Crippen LogP contribution < -0.4 is 5.32 Å². The first-order valence-corrected chi connectivity index (χ1v) is 3.88. The van der Waals surface area contributed by atoms with Crippen LogP contribution in [0.3, 0.4) is 0 Å². The normalized spacial score (nSPS) is 39.9. The molecule has 2 aliphatic rings. The minimum Gasteiger partial charge on any atom is -0.785 e. The van der Waals surface area contributed by atoms with Crippen molar-refractivity contribution in [1.29, 1.82) is 0 Å². The van der Waals surface area contributed by atoms with Crippen LogP contribution in [-0.4, -0.2) is 29.2 Å². The molecule has 2 unspecified atom stereocenters. The van der Waals surface area contributed by atoms with Crippen LogP contribution in [-0.2, 0) is 0 Å². The molecule has 1 N–H and O–H groups in total. The van der Waals surface area contributed by atoms with E-state index in [0.29, 0.717) is 25.0 Å². The number of thiocarbonyl (C=S) groups is 1. The Bertz CT molecular complexity index is 157. The Kier molecular flexibility index (Phi) is 1.40. The van der Waals surface area contributed by atoms with E-state index in [-0.39, 0.29) is 0 Å². The summed E-state index contributed by atoms with van der Waals surface area (Å²) in [4.78, 5) is 0.933.